The highest BCUT2D eigenvalue weighted by Gasteiger charge is 2.16. The van der Waals surface area contributed by atoms with Gasteiger partial charge in [-0.25, -0.2) is 0 Å². The fourth-order valence-corrected chi connectivity index (χ4v) is 3.69. The van der Waals surface area contributed by atoms with Crippen LogP contribution in [-0.2, 0) is 4.74 Å². The Morgan fingerprint density at radius 3 is 2.21 bits per heavy atom. The Labute approximate surface area is 165 Å². The zero-order valence-corrected chi connectivity index (χ0v) is 16.3. The van der Waals surface area contributed by atoms with Crippen LogP contribution < -0.4 is 10.2 Å². The number of carbonyl (C=O) groups is 1. The lowest BCUT2D eigenvalue weighted by Crippen LogP contribution is -2.36. The van der Waals surface area contributed by atoms with Crippen LogP contribution in [0.25, 0.3) is 5.69 Å². The number of benzene rings is 2. The fraction of sp³-hybridized carbons (Fsp3) is 0.261. The fourth-order valence-electron chi connectivity index (χ4n) is 3.69. The second-order valence-corrected chi connectivity index (χ2v) is 7.07. The first kappa shape index (κ1) is 18.3. The number of nitrogens with one attached hydrogen (secondary N) is 1. The van der Waals surface area contributed by atoms with Gasteiger partial charge in [-0.15, -0.1) is 0 Å². The van der Waals surface area contributed by atoms with Crippen LogP contribution in [-0.4, -0.2) is 36.8 Å². The number of aromatic nitrogens is 1. The van der Waals surface area contributed by atoms with Crippen molar-refractivity contribution in [2.75, 3.05) is 36.5 Å². The highest BCUT2D eigenvalue weighted by atomic mass is 16.5. The van der Waals surface area contributed by atoms with Gasteiger partial charge in [-0.1, -0.05) is 12.1 Å². The topological polar surface area (TPSA) is 46.5 Å². The van der Waals surface area contributed by atoms with E-state index < -0.39 is 0 Å². The predicted octanol–water partition coefficient (Wildman–Crippen LogP) is 4.18. The molecule has 1 fully saturated rings. The molecule has 0 saturated carbocycles. The van der Waals surface area contributed by atoms with E-state index in [4.69, 9.17) is 4.74 Å². The van der Waals surface area contributed by atoms with Gasteiger partial charge >= 0.3 is 0 Å². The van der Waals surface area contributed by atoms with Crippen LogP contribution in [0.2, 0.25) is 0 Å². The molecule has 1 aromatic heterocycles. The van der Waals surface area contributed by atoms with E-state index in [0.717, 1.165) is 30.2 Å². The van der Waals surface area contributed by atoms with Gasteiger partial charge in [-0.2, -0.15) is 0 Å². The molecular weight excluding hydrogens is 350 g/mol. The van der Waals surface area contributed by atoms with Crippen LogP contribution in [0, 0.1) is 13.8 Å². The Bertz CT molecular complexity index is 950. The number of hydrogen-bond donors (Lipinski definition) is 1. The molecular formula is C23H25N3O2. The predicted molar refractivity (Wildman–Crippen MR) is 113 cm³/mol. The van der Waals surface area contributed by atoms with Crippen LogP contribution in [0.1, 0.15) is 21.7 Å². The minimum Gasteiger partial charge on any atom is -0.378 e. The summed E-state index contributed by atoms with van der Waals surface area (Å²) in [4.78, 5) is 15.1. The third kappa shape index (κ3) is 3.66. The molecule has 0 aliphatic carbocycles. The van der Waals surface area contributed by atoms with Gasteiger partial charge in [-0.05, 0) is 62.4 Å². The number of para-hydroxylation sites is 2. The number of hydrogen-bond acceptors (Lipinski definition) is 3. The minimum atomic E-state index is -0.104. The van der Waals surface area contributed by atoms with Crippen molar-refractivity contribution < 1.29 is 9.53 Å². The Balaban J connectivity index is 1.53. The zero-order chi connectivity index (χ0) is 19.5. The summed E-state index contributed by atoms with van der Waals surface area (Å²) in [7, 11) is 0. The molecule has 28 heavy (non-hydrogen) atoms. The molecule has 1 N–H and O–H groups in total. The standard InChI is InChI=1S/C23H25N3O2/c1-17-7-8-18(2)26(17)20-11-9-19(10-12-20)23(27)24-21-5-3-4-6-22(21)25-13-15-28-16-14-25/h3-12H,13-16H2,1-2H3,(H,24,27). The maximum atomic E-state index is 12.8. The Hall–Kier alpha value is -3.05. The van der Waals surface area contributed by atoms with Crippen LogP contribution in [0.3, 0.4) is 0 Å². The Kier molecular flexibility index (Phi) is 5.17. The Morgan fingerprint density at radius 2 is 1.54 bits per heavy atom. The number of ether oxygens (including phenoxy) is 1. The molecule has 2 heterocycles. The second-order valence-electron chi connectivity index (χ2n) is 7.07. The molecule has 1 amide bonds. The molecule has 5 nitrogen and oxygen atoms in total. The van der Waals surface area contributed by atoms with Gasteiger partial charge in [0.05, 0.1) is 24.6 Å². The first-order valence-corrected chi connectivity index (χ1v) is 9.62. The third-order valence-electron chi connectivity index (χ3n) is 5.16. The maximum Gasteiger partial charge on any atom is 0.255 e. The first-order chi connectivity index (χ1) is 13.6. The van der Waals surface area contributed by atoms with Crippen molar-refractivity contribution in [1.29, 1.82) is 0 Å². The van der Waals surface area contributed by atoms with Crippen molar-refractivity contribution in [1.82, 2.24) is 4.57 Å². The molecule has 1 aliphatic heterocycles. The maximum absolute atomic E-state index is 12.8. The Morgan fingerprint density at radius 1 is 0.893 bits per heavy atom. The molecule has 0 unspecified atom stereocenters. The average Bonchev–Trinajstić information content (AvgIpc) is 3.07. The van der Waals surface area contributed by atoms with E-state index in [-0.39, 0.29) is 5.91 Å². The quantitative estimate of drug-likeness (QED) is 0.744. The summed E-state index contributed by atoms with van der Waals surface area (Å²) >= 11 is 0. The van der Waals surface area contributed by atoms with Crippen LogP contribution >= 0.6 is 0 Å². The van der Waals surface area contributed by atoms with Crippen molar-refractivity contribution in [2.24, 2.45) is 0 Å². The molecule has 1 aliphatic rings. The van der Waals surface area contributed by atoms with Gasteiger partial charge in [0.25, 0.3) is 5.91 Å². The van der Waals surface area contributed by atoms with Crippen LogP contribution in [0.4, 0.5) is 11.4 Å². The summed E-state index contributed by atoms with van der Waals surface area (Å²) in [6.07, 6.45) is 0. The van der Waals surface area contributed by atoms with Crippen molar-refractivity contribution in [3.63, 3.8) is 0 Å². The summed E-state index contributed by atoms with van der Waals surface area (Å²) in [5, 5.41) is 3.07. The largest absolute Gasteiger partial charge is 0.378 e. The van der Waals surface area contributed by atoms with Gasteiger partial charge in [0.1, 0.15) is 0 Å². The van der Waals surface area contributed by atoms with Gasteiger partial charge in [-0.3, -0.25) is 4.79 Å². The minimum absolute atomic E-state index is 0.104. The van der Waals surface area contributed by atoms with Crippen molar-refractivity contribution in [3.8, 4) is 5.69 Å². The number of rotatable bonds is 4. The molecule has 1 saturated heterocycles. The smallest absolute Gasteiger partial charge is 0.255 e. The number of carbonyl (C=O) groups excluding carboxylic acids is 1. The van der Waals surface area contributed by atoms with Gasteiger partial charge in [0.2, 0.25) is 0 Å². The molecule has 2 aromatic carbocycles. The monoisotopic (exact) mass is 375 g/mol. The van der Waals surface area contributed by atoms with E-state index in [1.165, 1.54) is 11.4 Å². The zero-order valence-electron chi connectivity index (χ0n) is 16.3. The lowest BCUT2D eigenvalue weighted by molar-refractivity contribution is 0.102. The van der Waals surface area contributed by atoms with E-state index >= 15 is 0 Å². The molecule has 3 aromatic rings. The van der Waals surface area contributed by atoms with Crippen molar-refractivity contribution >= 4 is 17.3 Å². The number of morpholine rings is 1. The number of aryl methyl sites for hydroxylation is 2. The SMILES string of the molecule is Cc1ccc(C)n1-c1ccc(C(=O)Nc2ccccc2N2CCOCC2)cc1. The van der Waals surface area contributed by atoms with E-state index in [2.05, 4.69) is 40.8 Å². The summed E-state index contributed by atoms with van der Waals surface area (Å²) < 4.78 is 7.62. The molecule has 4 rings (SSSR count). The van der Waals surface area contributed by atoms with Crippen LogP contribution in [0.15, 0.2) is 60.7 Å². The van der Waals surface area contributed by atoms with E-state index in [1.54, 1.807) is 0 Å². The van der Waals surface area contributed by atoms with Crippen molar-refractivity contribution in [3.05, 3.63) is 77.6 Å². The van der Waals surface area contributed by atoms with Crippen LogP contribution in [0.5, 0.6) is 0 Å². The van der Waals surface area contributed by atoms with E-state index in [9.17, 15) is 4.79 Å². The van der Waals surface area contributed by atoms with Gasteiger partial charge in [0.15, 0.2) is 0 Å². The molecule has 0 atom stereocenters. The molecule has 0 radical (unpaired) electrons. The number of amides is 1. The average molecular weight is 375 g/mol. The lowest BCUT2D eigenvalue weighted by Gasteiger charge is -2.30. The van der Waals surface area contributed by atoms with E-state index in [0.29, 0.717) is 18.8 Å². The summed E-state index contributed by atoms with van der Waals surface area (Å²) in [5.41, 5.74) is 5.92. The second kappa shape index (κ2) is 7.90. The summed E-state index contributed by atoms with van der Waals surface area (Å²) in [5.74, 6) is -0.104. The van der Waals surface area contributed by atoms with Gasteiger partial charge < -0.3 is 19.5 Å². The van der Waals surface area contributed by atoms with E-state index in [1.807, 2.05) is 48.5 Å². The highest BCUT2D eigenvalue weighted by Crippen LogP contribution is 2.27. The lowest BCUT2D eigenvalue weighted by atomic mass is 10.1. The molecule has 5 heteroatoms. The first-order valence-electron chi connectivity index (χ1n) is 9.62. The number of anilines is 2. The number of nitrogens with zero attached hydrogens (tertiary/aromatic N) is 2. The summed E-state index contributed by atoms with van der Waals surface area (Å²) in [6.45, 7) is 7.24. The molecule has 0 spiro atoms. The van der Waals surface area contributed by atoms with Crippen molar-refractivity contribution in [2.45, 2.75) is 13.8 Å². The molecule has 0 bridgehead atoms. The third-order valence-corrected chi connectivity index (χ3v) is 5.16. The van der Waals surface area contributed by atoms with Gasteiger partial charge in [0, 0.05) is 35.7 Å². The highest BCUT2D eigenvalue weighted by molar-refractivity contribution is 6.06. The molecule has 144 valence electrons. The normalized spacial score (nSPS) is 14.1. The summed E-state index contributed by atoms with van der Waals surface area (Å²) in [6, 6.07) is 19.9.